The lowest BCUT2D eigenvalue weighted by atomic mass is 10.3. The van der Waals surface area contributed by atoms with Crippen molar-refractivity contribution in [2.45, 2.75) is 13.5 Å². The maximum atomic E-state index is 12.3. The summed E-state index contributed by atoms with van der Waals surface area (Å²) < 4.78 is 8.85. The summed E-state index contributed by atoms with van der Waals surface area (Å²) in [5.74, 6) is 0.297. The summed E-state index contributed by atoms with van der Waals surface area (Å²) in [6, 6.07) is 3.78. The molecule has 0 bridgehead atoms. The summed E-state index contributed by atoms with van der Waals surface area (Å²) in [7, 11) is 1.79. The van der Waals surface area contributed by atoms with Crippen LogP contribution in [0, 0.1) is 6.92 Å². The lowest BCUT2D eigenvalue weighted by molar-refractivity contribution is 0.0476. The first-order chi connectivity index (χ1) is 10.2. The average molecular weight is 302 g/mol. The van der Waals surface area contributed by atoms with E-state index in [9.17, 15) is 4.79 Å². The van der Waals surface area contributed by atoms with E-state index in [1.54, 1.807) is 17.2 Å². The Kier molecular flexibility index (Phi) is 3.57. The minimum absolute atomic E-state index is 0.231. The van der Waals surface area contributed by atoms with Crippen molar-refractivity contribution in [1.82, 2.24) is 19.3 Å². The molecule has 3 heterocycles. The van der Waals surface area contributed by atoms with Crippen LogP contribution in [-0.4, -0.2) is 25.3 Å². The van der Waals surface area contributed by atoms with Crippen LogP contribution in [0.5, 0.6) is 0 Å². The van der Waals surface area contributed by atoms with Gasteiger partial charge in [0.25, 0.3) is 0 Å². The fourth-order valence-corrected chi connectivity index (χ4v) is 2.72. The molecule has 3 aromatic rings. The molecule has 108 valence electrons. The van der Waals surface area contributed by atoms with Crippen molar-refractivity contribution in [3.8, 4) is 5.82 Å². The van der Waals surface area contributed by atoms with E-state index < -0.39 is 0 Å². The molecule has 3 rings (SSSR count). The zero-order valence-corrected chi connectivity index (χ0v) is 12.5. The van der Waals surface area contributed by atoms with E-state index in [0.717, 1.165) is 10.6 Å². The third kappa shape index (κ3) is 2.59. The van der Waals surface area contributed by atoms with Crippen LogP contribution >= 0.6 is 11.3 Å². The van der Waals surface area contributed by atoms with Gasteiger partial charge in [0.1, 0.15) is 18.0 Å². The molecule has 0 radical (unpaired) electrons. The van der Waals surface area contributed by atoms with Gasteiger partial charge in [-0.2, -0.15) is 5.10 Å². The molecule has 21 heavy (non-hydrogen) atoms. The first-order valence-electron chi connectivity index (χ1n) is 6.38. The number of thiazole rings is 1. The van der Waals surface area contributed by atoms with Gasteiger partial charge in [-0.1, -0.05) is 0 Å². The Morgan fingerprint density at radius 1 is 1.38 bits per heavy atom. The van der Waals surface area contributed by atoms with Gasteiger partial charge in [-0.3, -0.25) is 4.68 Å². The third-order valence-electron chi connectivity index (χ3n) is 3.16. The monoisotopic (exact) mass is 302 g/mol. The lowest BCUT2D eigenvalue weighted by Gasteiger charge is -2.07. The Bertz CT molecular complexity index is 758. The van der Waals surface area contributed by atoms with Crippen LogP contribution in [0.2, 0.25) is 0 Å². The third-order valence-corrected chi connectivity index (χ3v) is 4.06. The van der Waals surface area contributed by atoms with Gasteiger partial charge < -0.3 is 9.30 Å². The van der Waals surface area contributed by atoms with Crippen molar-refractivity contribution in [2.75, 3.05) is 0 Å². The van der Waals surface area contributed by atoms with Crippen molar-refractivity contribution in [2.24, 2.45) is 7.05 Å². The molecule has 0 N–H and O–H groups in total. The van der Waals surface area contributed by atoms with Gasteiger partial charge >= 0.3 is 5.97 Å². The first kappa shape index (κ1) is 13.6. The van der Waals surface area contributed by atoms with E-state index in [2.05, 4.69) is 10.1 Å². The number of hydrogen-bond acceptors (Lipinski definition) is 5. The number of aromatic nitrogens is 4. The van der Waals surface area contributed by atoms with Crippen molar-refractivity contribution in [1.29, 1.82) is 0 Å². The molecule has 0 aromatic carbocycles. The minimum Gasteiger partial charge on any atom is -0.456 e. The lowest BCUT2D eigenvalue weighted by Crippen LogP contribution is -2.10. The second kappa shape index (κ2) is 5.53. The van der Waals surface area contributed by atoms with Crippen LogP contribution in [0.3, 0.4) is 0 Å². The molecule has 0 amide bonds. The van der Waals surface area contributed by atoms with Gasteiger partial charge in [-0.25, -0.2) is 9.78 Å². The number of carbonyl (C=O) groups excluding carboxylic acids is 1. The topological polar surface area (TPSA) is 61.9 Å². The van der Waals surface area contributed by atoms with Crippen molar-refractivity contribution in [3.63, 3.8) is 0 Å². The van der Waals surface area contributed by atoms with Crippen molar-refractivity contribution in [3.05, 3.63) is 52.4 Å². The molecule has 0 atom stereocenters. The number of carbonyl (C=O) groups is 1. The maximum Gasteiger partial charge on any atom is 0.343 e. The molecular weight excluding hydrogens is 288 g/mol. The summed E-state index contributed by atoms with van der Waals surface area (Å²) in [6.45, 7) is 2.13. The number of aryl methyl sites for hydroxylation is 2. The van der Waals surface area contributed by atoms with Crippen LogP contribution in [0.15, 0.2) is 36.2 Å². The van der Waals surface area contributed by atoms with E-state index in [4.69, 9.17) is 4.74 Å². The number of esters is 1. The molecule has 0 unspecified atom stereocenters. The molecule has 0 saturated carbocycles. The molecule has 0 fully saturated rings. The Labute approximate surface area is 125 Å². The first-order valence-corrected chi connectivity index (χ1v) is 7.26. The van der Waals surface area contributed by atoms with Gasteiger partial charge in [-0.15, -0.1) is 11.3 Å². The maximum absolute atomic E-state index is 12.3. The molecular formula is C14H14N4O2S. The van der Waals surface area contributed by atoms with Crippen molar-refractivity contribution >= 4 is 17.3 Å². The summed E-state index contributed by atoms with van der Waals surface area (Å²) in [4.78, 5) is 17.4. The predicted molar refractivity (Wildman–Crippen MR) is 78.5 cm³/mol. The number of nitrogens with zero attached hydrogens (tertiary/aromatic N) is 4. The summed E-state index contributed by atoms with van der Waals surface area (Å²) in [5, 5.41) is 4.14. The molecule has 6 nitrogen and oxygen atoms in total. The normalized spacial score (nSPS) is 10.8. The van der Waals surface area contributed by atoms with E-state index >= 15 is 0 Å². The summed E-state index contributed by atoms with van der Waals surface area (Å²) >= 11 is 1.48. The zero-order chi connectivity index (χ0) is 14.8. The number of hydrogen-bond donors (Lipinski definition) is 0. The van der Waals surface area contributed by atoms with Crippen LogP contribution in [-0.2, 0) is 18.4 Å². The Morgan fingerprint density at radius 3 is 2.81 bits per heavy atom. The Morgan fingerprint density at radius 2 is 2.14 bits per heavy atom. The fraction of sp³-hybridized carbons (Fsp3) is 0.214. The molecule has 0 spiro atoms. The molecule has 0 aliphatic rings. The second-order valence-corrected chi connectivity index (χ2v) is 5.47. The fourth-order valence-electron chi connectivity index (χ4n) is 2.03. The SMILES string of the molecule is Cc1ncsc1COC(=O)c1cnn(C)c1-n1cccc1. The smallest absolute Gasteiger partial charge is 0.343 e. The molecule has 0 aliphatic carbocycles. The van der Waals surface area contributed by atoms with Crippen LogP contribution in [0.1, 0.15) is 20.9 Å². The van der Waals surface area contributed by atoms with E-state index in [1.807, 2.05) is 36.0 Å². The van der Waals surface area contributed by atoms with E-state index in [1.165, 1.54) is 17.5 Å². The molecule has 0 saturated heterocycles. The van der Waals surface area contributed by atoms with Gasteiger partial charge in [0.2, 0.25) is 0 Å². The van der Waals surface area contributed by atoms with E-state index in [-0.39, 0.29) is 12.6 Å². The minimum atomic E-state index is -0.389. The van der Waals surface area contributed by atoms with Gasteiger partial charge in [0, 0.05) is 19.4 Å². The highest BCUT2D eigenvalue weighted by Crippen LogP contribution is 2.18. The van der Waals surface area contributed by atoms with E-state index in [0.29, 0.717) is 11.4 Å². The highest BCUT2D eigenvalue weighted by atomic mass is 32.1. The standard InChI is InChI=1S/C14H14N4O2S/c1-10-12(21-9-15-10)8-20-14(19)11-7-16-17(2)13(11)18-5-3-4-6-18/h3-7,9H,8H2,1-2H3. The average Bonchev–Trinajstić information content (AvgIpc) is 3.17. The Balaban J connectivity index is 1.81. The zero-order valence-electron chi connectivity index (χ0n) is 11.7. The van der Waals surface area contributed by atoms with Gasteiger partial charge in [0.05, 0.1) is 22.3 Å². The van der Waals surface area contributed by atoms with Crippen molar-refractivity contribution < 1.29 is 9.53 Å². The van der Waals surface area contributed by atoms with Crippen LogP contribution in [0.4, 0.5) is 0 Å². The number of rotatable bonds is 4. The molecule has 7 heteroatoms. The van der Waals surface area contributed by atoms with Crippen LogP contribution in [0.25, 0.3) is 5.82 Å². The molecule has 3 aromatic heterocycles. The van der Waals surface area contributed by atoms with Gasteiger partial charge in [-0.05, 0) is 19.1 Å². The number of ether oxygens (including phenoxy) is 1. The molecule has 0 aliphatic heterocycles. The quantitative estimate of drug-likeness (QED) is 0.694. The van der Waals surface area contributed by atoms with Gasteiger partial charge in [0.15, 0.2) is 0 Å². The highest BCUT2D eigenvalue weighted by molar-refractivity contribution is 7.09. The summed E-state index contributed by atoms with van der Waals surface area (Å²) in [5.41, 5.74) is 3.08. The Hall–Kier alpha value is -2.41. The van der Waals surface area contributed by atoms with Crippen LogP contribution < -0.4 is 0 Å². The predicted octanol–water partition coefficient (Wildman–Crippen LogP) is 2.33. The highest BCUT2D eigenvalue weighted by Gasteiger charge is 2.19. The largest absolute Gasteiger partial charge is 0.456 e. The second-order valence-electron chi connectivity index (χ2n) is 4.53. The summed E-state index contributed by atoms with van der Waals surface area (Å²) in [6.07, 6.45) is 5.25.